The number of carbonyl (C=O) groups excluding carboxylic acids is 5. The minimum Gasteiger partial charge on any atom is -0.347 e. The van der Waals surface area contributed by atoms with Crippen LogP contribution in [0.15, 0.2) is 0 Å². The number of nitrogens with one attached hydrogen (secondary N) is 3. The minimum atomic E-state index is -4.92. The Morgan fingerprint density at radius 2 is 1.67 bits per heavy atom. The molecule has 4 amide bonds. The molecule has 4 aliphatic rings. The van der Waals surface area contributed by atoms with Crippen molar-refractivity contribution < 1.29 is 59.8 Å². The van der Waals surface area contributed by atoms with E-state index in [2.05, 4.69) is 10.6 Å². The van der Waals surface area contributed by atoms with Crippen LogP contribution in [0.3, 0.4) is 0 Å². The summed E-state index contributed by atoms with van der Waals surface area (Å²) in [5.74, 6) is -13.4. The smallest absolute Gasteiger partial charge is 0.315 e. The van der Waals surface area contributed by atoms with E-state index >= 15 is 0 Å². The molecule has 0 aromatic rings. The van der Waals surface area contributed by atoms with E-state index in [9.17, 15) is 33.8 Å². The van der Waals surface area contributed by atoms with Gasteiger partial charge < -0.3 is 20.9 Å². The summed E-state index contributed by atoms with van der Waals surface area (Å²) < 4.78 is 195. The summed E-state index contributed by atoms with van der Waals surface area (Å²) in [5, 5.41) is 6.23. The van der Waals surface area contributed by atoms with E-state index < -0.39 is 166 Å². The zero-order valence-electron chi connectivity index (χ0n) is 49.1. The van der Waals surface area contributed by atoms with Gasteiger partial charge in [-0.15, -0.1) is 0 Å². The van der Waals surface area contributed by atoms with Crippen LogP contribution in [0, 0.1) is 28.6 Å². The maximum atomic E-state index is 14.9. The van der Waals surface area contributed by atoms with Gasteiger partial charge in [-0.2, -0.15) is 0 Å². The number of likely N-dealkylation sites (tertiary alicyclic amines) is 1. The van der Waals surface area contributed by atoms with E-state index in [-0.39, 0.29) is 6.54 Å². The molecule has 49 heavy (non-hydrogen) atoms. The topological polar surface area (TPSA) is 159 Å². The molecule has 1 heterocycles. The molecule has 278 valence electrons. The number of urea groups is 1. The molecule has 3 aliphatic carbocycles. The van der Waals surface area contributed by atoms with Gasteiger partial charge in [0.1, 0.15) is 6.04 Å². The van der Waals surface area contributed by atoms with Crippen LogP contribution in [-0.4, -0.2) is 83.4 Å². The van der Waals surface area contributed by atoms with Crippen molar-refractivity contribution in [3.8, 4) is 0 Å². The average molecular weight is 727 g/mol. The van der Waals surface area contributed by atoms with Crippen LogP contribution in [0.25, 0.3) is 0 Å². The van der Waals surface area contributed by atoms with E-state index in [1.54, 1.807) is 13.8 Å². The molecular formula is C37H62N4O7S. The van der Waals surface area contributed by atoms with Gasteiger partial charge in [0.15, 0.2) is 15.6 Å². The Hall–Kier alpha value is -2.50. The van der Waals surface area contributed by atoms with E-state index in [0.717, 1.165) is 25.7 Å². The second-order valence-electron chi connectivity index (χ2n) is 15.8. The highest BCUT2D eigenvalue weighted by Gasteiger charge is 2.69. The first-order valence-corrected chi connectivity index (χ1v) is 17.8. The molecule has 0 spiro atoms. The number of ketones is 2. The molecule has 0 unspecified atom stereocenters. The monoisotopic (exact) mass is 727 g/mol. The third-order valence-electron chi connectivity index (χ3n) is 9.57. The fraction of sp³-hybridized carbons (Fsp3) is 0.865. The molecule has 3 N–H and O–H groups in total. The number of fused-ring (bicyclic) bond motifs is 1. The maximum absolute atomic E-state index is 14.9. The van der Waals surface area contributed by atoms with E-state index in [4.69, 9.17) is 26.0 Å². The molecule has 0 bridgehead atoms. The second-order valence-corrected chi connectivity index (χ2v) is 18.5. The minimum absolute atomic E-state index is 0.326. The van der Waals surface area contributed by atoms with Crippen molar-refractivity contribution in [3.63, 3.8) is 0 Å². The van der Waals surface area contributed by atoms with Crippen molar-refractivity contribution in [1.82, 2.24) is 20.9 Å². The number of sulfone groups is 1. The number of nitrogens with zero attached hydrogens (tertiary/aromatic N) is 1. The molecule has 1 saturated heterocycles. The van der Waals surface area contributed by atoms with Crippen LogP contribution in [0.4, 0.5) is 4.79 Å². The van der Waals surface area contributed by atoms with Crippen molar-refractivity contribution >= 4 is 39.2 Å². The van der Waals surface area contributed by atoms with Crippen LogP contribution in [0.2, 0.25) is 0 Å². The molecule has 5 atom stereocenters. The summed E-state index contributed by atoms with van der Waals surface area (Å²) >= 11 is 0. The average Bonchev–Trinajstić information content (AvgIpc) is 4.00. The molecule has 3 saturated carbocycles. The quantitative estimate of drug-likeness (QED) is 0.219. The van der Waals surface area contributed by atoms with Crippen molar-refractivity contribution in [3.05, 3.63) is 0 Å². The van der Waals surface area contributed by atoms with Gasteiger partial charge in [0.2, 0.25) is 11.7 Å². The number of carbonyl (C=O) groups is 5. The fourth-order valence-electron chi connectivity index (χ4n) is 6.25. The zero-order valence-corrected chi connectivity index (χ0v) is 30.0. The highest BCUT2D eigenvalue weighted by atomic mass is 32.2. The van der Waals surface area contributed by atoms with Gasteiger partial charge in [-0.05, 0) is 75.4 Å². The third kappa shape index (κ3) is 8.87. The molecule has 0 aromatic heterocycles. The van der Waals surface area contributed by atoms with Crippen molar-refractivity contribution in [2.24, 2.45) is 28.6 Å². The highest BCUT2D eigenvalue weighted by Crippen LogP contribution is 2.65. The Kier molecular flexibility index (Phi) is 5.80. The van der Waals surface area contributed by atoms with Crippen molar-refractivity contribution in [2.75, 3.05) is 12.3 Å². The number of rotatable bonds is 14. The predicted octanol–water partition coefficient (Wildman–Crippen LogP) is 4.71. The molecular weight excluding hydrogens is 644 g/mol. The SMILES string of the molecule is [2H]C([2H])([2H])C([2H])([2H])C([2H])([2H])C([2H])([2H])[C@]([2H])(CC(=O)[C@@H]1[C@@H]2[C@H](CN1C(=O)[C@@H](NC(=O)NC1(CS(=O)(=O)C(C)(C)C)C([2H])([2H])C([2H])([2H])C([2H])([2H])C([2H])([2H])C1([2H])[2H])C(C)(C)C)C2(C)C)C(=O)C(=O)NC1CC1. The Labute approximate surface area is 322 Å². The largest absolute Gasteiger partial charge is 0.347 e. The van der Waals surface area contributed by atoms with Gasteiger partial charge in [0.05, 0.1) is 22.1 Å². The summed E-state index contributed by atoms with van der Waals surface area (Å²) in [6.45, 7) is 6.46. The number of Topliss-reactive ketones (excluding diaryl/α,β-unsaturated/α-hetero) is 2. The lowest BCUT2D eigenvalue weighted by Crippen LogP contribution is -2.63. The van der Waals surface area contributed by atoms with E-state index in [1.807, 2.05) is 5.32 Å². The van der Waals surface area contributed by atoms with Crippen LogP contribution in [0.5, 0.6) is 0 Å². The zero-order chi connectivity index (χ0) is 54.5. The first-order chi connectivity index (χ1) is 30.1. The summed E-state index contributed by atoms with van der Waals surface area (Å²) in [7, 11) is -4.92. The van der Waals surface area contributed by atoms with Gasteiger partial charge in [-0.25, -0.2) is 13.2 Å². The van der Waals surface area contributed by atoms with Gasteiger partial charge in [-0.1, -0.05) is 73.3 Å². The van der Waals surface area contributed by atoms with Gasteiger partial charge >= 0.3 is 6.03 Å². The fourth-order valence-corrected chi connectivity index (χ4v) is 7.47. The number of amides is 4. The van der Waals surface area contributed by atoms with Crippen molar-refractivity contribution in [2.45, 2.75) is 161 Å². The molecule has 1 aliphatic heterocycles. The normalized spacial score (nSPS) is 38.8. The summed E-state index contributed by atoms with van der Waals surface area (Å²) in [6.07, 6.45) is -34.2. The van der Waals surface area contributed by atoms with Crippen LogP contribution in [-0.2, 0) is 29.0 Å². The molecule has 4 fully saturated rings. The predicted molar refractivity (Wildman–Crippen MR) is 189 cm³/mol. The molecule has 4 rings (SSSR count). The standard InChI is InChI=1S/C37H62N4O7S/c1-10-11-15-23(29(43)31(44)38-24-16-17-24)20-26(42)28-27-25(36(27,8)9)21-41(28)32(45)30(34(2,3)4)39-33(46)40-37(18-13-12-14-19-37)22-49(47,48)35(5,6)7/h23-25,27-28,30H,10-22H2,1-9H3,(H,38,44)(H2,39,40,46)/t23-,25+,27+,28-,30-/m1/s1/i1D3,10D2,11D2,12D2,13D2,14D2,15D2,18D2,19D2,23D. The number of piperidine rings is 1. The van der Waals surface area contributed by atoms with Crippen LogP contribution >= 0.6 is 0 Å². The summed E-state index contributed by atoms with van der Waals surface area (Å²) in [5.41, 5.74) is -6.13. The Balaban J connectivity index is 1.85. The second kappa shape index (κ2) is 14.3. The summed E-state index contributed by atoms with van der Waals surface area (Å²) in [6, 6.07) is -6.11. The molecule has 12 heteroatoms. The lowest BCUT2D eigenvalue weighted by molar-refractivity contribution is -0.145. The molecule has 11 nitrogen and oxygen atoms in total. The maximum Gasteiger partial charge on any atom is 0.315 e. The lowest BCUT2D eigenvalue weighted by Gasteiger charge is -2.41. The number of hydrogen-bond donors (Lipinski definition) is 3. The van der Waals surface area contributed by atoms with E-state index in [0.29, 0.717) is 12.8 Å². The Morgan fingerprint density at radius 3 is 2.22 bits per heavy atom. The number of hydrogen-bond acceptors (Lipinski definition) is 7. The third-order valence-corrected chi connectivity index (χ3v) is 12.3. The van der Waals surface area contributed by atoms with Gasteiger partial charge in [0, 0.05) is 52.3 Å². The van der Waals surface area contributed by atoms with Crippen molar-refractivity contribution in [1.29, 1.82) is 0 Å². The first kappa shape index (κ1) is 19.9. The molecule has 0 aromatic carbocycles. The Bertz CT molecular complexity index is 2220. The van der Waals surface area contributed by atoms with E-state index in [1.165, 1.54) is 20.8 Å². The van der Waals surface area contributed by atoms with Gasteiger partial charge in [-0.3, -0.25) is 19.2 Å². The van der Waals surface area contributed by atoms with Crippen LogP contribution < -0.4 is 16.0 Å². The first-order valence-electron chi connectivity index (χ1n) is 26.1. The lowest BCUT2D eigenvalue weighted by atomic mass is 9.83. The summed E-state index contributed by atoms with van der Waals surface area (Å²) in [4.78, 5) is 72.2. The van der Waals surface area contributed by atoms with Gasteiger partial charge in [0.25, 0.3) is 5.91 Å². The van der Waals surface area contributed by atoms with Crippen LogP contribution in [0.1, 0.15) is 160 Å². The highest BCUT2D eigenvalue weighted by molar-refractivity contribution is 7.92. The Morgan fingerprint density at radius 1 is 1.04 bits per heavy atom. The molecule has 0 radical (unpaired) electrons.